The third kappa shape index (κ3) is 2.23. The van der Waals surface area contributed by atoms with Crippen molar-refractivity contribution in [2.45, 2.75) is 5.41 Å². The first-order valence-electron chi connectivity index (χ1n) is 10.4. The van der Waals surface area contributed by atoms with Crippen molar-refractivity contribution >= 4 is 10.8 Å². The lowest BCUT2D eigenvalue weighted by Gasteiger charge is -2.34. The lowest BCUT2D eigenvalue weighted by Crippen LogP contribution is -2.29. The first-order chi connectivity index (χ1) is 14.9. The van der Waals surface area contributed by atoms with Gasteiger partial charge in [0.05, 0.1) is 5.41 Å². The largest absolute Gasteiger partial charge is 0.121 e. The van der Waals surface area contributed by atoms with Crippen LogP contribution in [0, 0.1) is 0 Å². The molecular formula is C30H20. The average molecular weight is 380 g/mol. The smallest absolute Gasteiger partial charge is 0.0714 e. The maximum atomic E-state index is 3.23. The lowest BCUT2D eigenvalue weighted by atomic mass is 9.67. The third-order valence-corrected chi connectivity index (χ3v) is 6.40. The standard InChI is InChI=1S/C30H20/c1-2-5-14-23(13-4-1)30(24-15-6-3-7-16-24)27-19-11-10-18-26(27)29-25-17-9-8-12-22(25)20-21-28(29)30/h1,3-21H. The summed E-state index contributed by atoms with van der Waals surface area (Å²) in [5.41, 5.74) is 10.8. The molecule has 0 radical (unpaired) electrons. The number of hydrogen-bond acceptors (Lipinski definition) is 0. The van der Waals surface area contributed by atoms with Gasteiger partial charge in [-0.25, -0.2) is 0 Å². The molecule has 30 heavy (non-hydrogen) atoms. The summed E-state index contributed by atoms with van der Waals surface area (Å²) in [6.07, 6.45) is 10.6. The Balaban J connectivity index is 1.83. The molecule has 0 amide bonds. The van der Waals surface area contributed by atoms with Crippen LogP contribution in [0.5, 0.6) is 0 Å². The molecule has 0 bridgehead atoms. The molecule has 1 unspecified atom stereocenters. The van der Waals surface area contributed by atoms with E-state index in [-0.39, 0.29) is 5.41 Å². The Morgan fingerprint density at radius 3 is 2.37 bits per heavy atom. The molecule has 0 aromatic heterocycles. The molecule has 0 fully saturated rings. The highest BCUT2D eigenvalue weighted by atomic mass is 14.5. The molecule has 6 rings (SSSR count). The normalized spacial score (nSPS) is 18.7. The van der Waals surface area contributed by atoms with Crippen molar-refractivity contribution in [3.8, 4) is 11.1 Å². The molecule has 0 heteroatoms. The molecule has 0 heterocycles. The molecule has 0 N–H and O–H groups in total. The van der Waals surface area contributed by atoms with Crippen molar-refractivity contribution in [1.29, 1.82) is 0 Å². The summed E-state index contributed by atoms with van der Waals surface area (Å²) in [5.74, 6) is 0. The SMILES string of the molecule is C1=CC=CC(C2(c3ccccc3)c3ccccc3-c3c2ccc2ccccc32)=CC=1. The van der Waals surface area contributed by atoms with Gasteiger partial charge in [0.25, 0.3) is 0 Å². The summed E-state index contributed by atoms with van der Waals surface area (Å²) >= 11 is 0. The van der Waals surface area contributed by atoms with Gasteiger partial charge >= 0.3 is 0 Å². The Labute approximate surface area is 176 Å². The Morgan fingerprint density at radius 1 is 0.633 bits per heavy atom. The summed E-state index contributed by atoms with van der Waals surface area (Å²) in [4.78, 5) is 0. The predicted molar refractivity (Wildman–Crippen MR) is 126 cm³/mol. The molecule has 140 valence electrons. The summed E-state index contributed by atoms with van der Waals surface area (Å²) in [6, 6.07) is 33.1. The fourth-order valence-corrected chi connectivity index (χ4v) is 5.23. The predicted octanol–water partition coefficient (Wildman–Crippen LogP) is 7.36. The minimum absolute atomic E-state index is 0.357. The van der Waals surface area contributed by atoms with E-state index in [4.69, 9.17) is 0 Å². The van der Waals surface area contributed by atoms with E-state index in [1.807, 2.05) is 12.2 Å². The Hall–Kier alpha value is -3.86. The topological polar surface area (TPSA) is 0 Å². The van der Waals surface area contributed by atoms with Gasteiger partial charge in [-0.3, -0.25) is 0 Å². The van der Waals surface area contributed by atoms with Crippen molar-refractivity contribution in [3.05, 3.63) is 149 Å². The summed E-state index contributed by atoms with van der Waals surface area (Å²) in [5, 5.41) is 2.59. The first-order valence-corrected chi connectivity index (χ1v) is 10.4. The molecule has 1 atom stereocenters. The molecule has 2 aliphatic carbocycles. The van der Waals surface area contributed by atoms with E-state index >= 15 is 0 Å². The zero-order valence-electron chi connectivity index (χ0n) is 16.5. The zero-order valence-corrected chi connectivity index (χ0v) is 16.5. The Bertz CT molecular complexity index is 1410. The van der Waals surface area contributed by atoms with Crippen LogP contribution in [0.15, 0.2) is 133 Å². The first kappa shape index (κ1) is 17.0. The maximum absolute atomic E-state index is 3.23. The molecule has 4 aromatic rings. The summed E-state index contributed by atoms with van der Waals surface area (Å²) in [6.45, 7) is 0. The molecule has 0 saturated heterocycles. The highest BCUT2D eigenvalue weighted by molar-refractivity contribution is 6.04. The molecular weight excluding hydrogens is 360 g/mol. The van der Waals surface area contributed by atoms with Gasteiger partial charge in [0.1, 0.15) is 0 Å². The quantitative estimate of drug-likeness (QED) is 0.319. The van der Waals surface area contributed by atoms with Crippen LogP contribution in [-0.4, -0.2) is 0 Å². The van der Waals surface area contributed by atoms with Crippen molar-refractivity contribution in [2.24, 2.45) is 0 Å². The van der Waals surface area contributed by atoms with Gasteiger partial charge in [-0.2, -0.15) is 0 Å². The van der Waals surface area contributed by atoms with Crippen LogP contribution in [0.25, 0.3) is 21.9 Å². The lowest BCUT2D eigenvalue weighted by molar-refractivity contribution is 0.768. The van der Waals surface area contributed by atoms with E-state index in [9.17, 15) is 0 Å². The van der Waals surface area contributed by atoms with Crippen molar-refractivity contribution in [1.82, 2.24) is 0 Å². The number of benzene rings is 4. The van der Waals surface area contributed by atoms with Crippen LogP contribution in [-0.2, 0) is 5.41 Å². The van der Waals surface area contributed by atoms with E-state index in [0.717, 1.165) is 0 Å². The highest BCUT2D eigenvalue weighted by Gasteiger charge is 2.46. The van der Waals surface area contributed by atoms with E-state index in [2.05, 4.69) is 115 Å². The van der Waals surface area contributed by atoms with E-state index in [0.29, 0.717) is 0 Å². The number of allylic oxidation sites excluding steroid dienone is 5. The van der Waals surface area contributed by atoms with Gasteiger partial charge in [-0.05, 0) is 62.4 Å². The summed E-state index contributed by atoms with van der Waals surface area (Å²) in [7, 11) is 0. The van der Waals surface area contributed by atoms with Gasteiger partial charge < -0.3 is 0 Å². The monoisotopic (exact) mass is 380 g/mol. The van der Waals surface area contributed by atoms with Crippen LogP contribution in [0.3, 0.4) is 0 Å². The van der Waals surface area contributed by atoms with Crippen LogP contribution in [0.4, 0.5) is 0 Å². The van der Waals surface area contributed by atoms with E-state index in [1.165, 1.54) is 44.2 Å². The van der Waals surface area contributed by atoms with Crippen molar-refractivity contribution < 1.29 is 0 Å². The molecule has 0 saturated carbocycles. The minimum Gasteiger partial charge on any atom is -0.121 e. The second-order valence-corrected chi connectivity index (χ2v) is 7.85. The van der Waals surface area contributed by atoms with Gasteiger partial charge in [-0.15, -0.1) is 5.73 Å². The number of fused-ring (bicyclic) bond motifs is 5. The number of rotatable bonds is 2. The van der Waals surface area contributed by atoms with E-state index in [1.54, 1.807) is 0 Å². The molecule has 0 nitrogen and oxygen atoms in total. The van der Waals surface area contributed by atoms with Gasteiger partial charge in [-0.1, -0.05) is 103 Å². The molecule has 0 spiro atoms. The van der Waals surface area contributed by atoms with Crippen molar-refractivity contribution in [2.75, 3.05) is 0 Å². The maximum Gasteiger partial charge on any atom is 0.0714 e. The number of hydrogen-bond donors (Lipinski definition) is 0. The summed E-state index contributed by atoms with van der Waals surface area (Å²) < 4.78 is 0. The van der Waals surface area contributed by atoms with Crippen LogP contribution in [0.1, 0.15) is 16.7 Å². The van der Waals surface area contributed by atoms with Gasteiger partial charge in [0.15, 0.2) is 0 Å². The zero-order chi connectivity index (χ0) is 20.0. The van der Waals surface area contributed by atoms with Crippen LogP contribution >= 0.6 is 0 Å². The van der Waals surface area contributed by atoms with Gasteiger partial charge in [0, 0.05) is 0 Å². The minimum atomic E-state index is -0.357. The Kier molecular flexibility index (Phi) is 3.74. The van der Waals surface area contributed by atoms with Crippen LogP contribution in [0.2, 0.25) is 0 Å². The fraction of sp³-hybridized carbons (Fsp3) is 0.0333. The highest BCUT2D eigenvalue weighted by Crippen LogP contribution is 2.58. The van der Waals surface area contributed by atoms with Crippen molar-refractivity contribution in [3.63, 3.8) is 0 Å². The molecule has 2 aliphatic rings. The van der Waals surface area contributed by atoms with E-state index < -0.39 is 0 Å². The third-order valence-electron chi connectivity index (χ3n) is 6.40. The van der Waals surface area contributed by atoms with Gasteiger partial charge in [0.2, 0.25) is 0 Å². The second-order valence-electron chi connectivity index (χ2n) is 7.85. The molecule has 0 aliphatic heterocycles. The Morgan fingerprint density at radius 2 is 1.43 bits per heavy atom. The fourth-order valence-electron chi connectivity index (χ4n) is 5.23. The average Bonchev–Trinajstić information content (AvgIpc) is 2.94. The molecule has 4 aromatic carbocycles. The second kappa shape index (κ2) is 6.59. The van der Waals surface area contributed by atoms with Crippen LogP contribution < -0.4 is 0 Å².